The second kappa shape index (κ2) is 15.2. The summed E-state index contributed by atoms with van der Waals surface area (Å²) in [6, 6.07) is 0. The highest BCUT2D eigenvalue weighted by Crippen LogP contribution is 1.86. The fraction of sp³-hybridized carbons (Fsp3) is 0.833. The lowest BCUT2D eigenvalue weighted by molar-refractivity contribution is -0.108. The van der Waals surface area contributed by atoms with Gasteiger partial charge in [0, 0.05) is 39.1 Å². The Balaban J connectivity index is 2.89. The number of hydrogen-bond acceptors (Lipinski definition) is 5. The Kier molecular flexibility index (Phi) is 14.5. The Bertz CT molecular complexity index is 158. The third-order valence-electron chi connectivity index (χ3n) is 2.07. The zero-order valence-electron chi connectivity index (χ0n) is 10.4. The molecule has 1 N–H and O–H groups in total. The Morgan fingerprint density at radius 3 is 1.65 bits per heavy atom. The molecule has 0 aliphatic heterocycles. The van der Waals surface area contributed by atoms with Crippen LogP contribution < -0.4 is 5.32 Å². The van der Waals surface area contributed by atoms with Crippen molar-refractivity contribution in [1.82, 2.24) is 5.32 Å². The zero-order chi connectivity index (χ0) is 12.6. The van der Waals surface area contributed by atoms with Crippen LogP contribution in [0.2, 0.25) is 0 Å². The minimum absolute atomic E-state index is 0.571. The van der Waals surface area contributed by atoms with E-state index in [0.717, 1.165) is 38.5 Å². The largest absolute Gasteiger partial charge is 0.380 e. The van der Waals surface area contributed by atoms with Gasteiger partial charge >= 0.3 is 0 Å². The van der Waals surface area contributed by atoms with E-state index in [1.165, 1.54) is 0 Å². The summed E-state index contributed by atoms with van der Waals surface area (Å²) in [7, 11) is 0. The molecule has 17 heavy (non-hydrogen) atoms. The lowest BCUT2D eigenvalue weighted by Crippen LogP contribution is -2.24. The number of carbonyl (C=O) groups excluding carboxylic acids is 2. The van der Waals surface area contributed by atoms with Crippen molar-refractivity contribution in [3.63, 3.8) is 0 Å². The molecule has 0 radical (unpaired) electrons. The second-order valence-corrected chi connectivity index (χ2v) is 3.59. The predicted octanol–water partition coefficient (Wildman–Crippen LogP) is 0.567. The number of hydrogen-bond donors (Lipinski definition) is 1. The normalized spacial score (nSPS) is 10.4. The Labute approximate surface area is 103 Å². The van der Waals surface area contributed by atoms with Gasteiger partial charge in [0.15, 0.2) is 0 Å². The van der Waals surface area contributed by atoms with E-state index < -0.39 is 0 Å². The summed E-state index contributed by atoms with van der Waals surface area (Å²) in [5.74, 6) is 0. The first-order valence-corrected chi connectivity index (χ1v) is 6.15. The van der Waals surface area contributed by atoms with Crippen molar-refractivity contribution >= 4 is 12.6 Å². The fourth-order valence-corrected chi connectivity index (χ4v) is 1.16. The SMILES string of the molecule is O=CCCCOCCNCCOCCCC=O. The highest BCUT2D eigenvalue weighted by Gasteiger charge is 1.91. The number of ether oxygens (including phenoxy) is 2. The third kappa shape index (κ3) is 15.2. The molecule has 0 aromatic rings. The predicted molar refractivity (Wildman–Crippen MR) is 65.1 cm³/mol. The monoisotopic (exact) mass is 245 g/mol. The van der Waals surface area contributed by atoms with Gasteiger partial charge in [-0.2, -0.15) is 0 Å². The molecular formula is C12H23NO4. The molecule has 0 aromatic carbocycles. The quantitative estimate of drug-likeness (QED) is 0.358. The Hall–Kier alpha value is -0.780. The molecule has 0 heterocycles. The van der Waals surface area contributed by atoms with Crippen LogP contribution in [0.1, 0.15) is 25.7 Å². The van der Waals surface area contributed by atoms with E-state index in [4.69, 9.17) is 9.47 Å². The summed E-state index contributed by atoms with van der Waals surface area (Å²) in [5, 5.41) is 3.18. The van der Waals surface area contributed by atoms with Crippen molar-refractivity contribution in [3.05, 3.63) is 0 Å². The molecule has 0 fully saturated rings. The summed E-state index contributed by atoms with van der Waals surface area (Å²) in [5.41, 5.74) is 0. The van der Waals surface area contributed by atoms with Crippen molar-refractivity contribution < 1.29 is 19.1 Å². The van der Waals surface area contributed by atoms with E-state index in [0.29, 0.717) is 39.3 Å². The van der Waals surface area contributed by atoms with Gasteiger partial charge in [-0.15, -0.1) is 0 Å². The van der Waals surface area contributed by atoms with Gasteiger partial charge in [0.25, 0.3) is 0 Å². The highest BCUT2D eigenvalue weighted by molar-refractivity contribution is 5.49. The van der Waals surface area contributed by atoms with Crippen LogP contribution in [0.3, 0.4) is 0 Å². The van der Waals surface area contributed by atoms with Crippen LogP contribution in [0, 0.1) is 0 Å². The molecule has 0 bridgehead atoms. The van der Waals surface area contributed by atoms with Gasteiger partial charge in [0.2, 0.25) is 0 Å². The number of unbranched alkanes of at least 4 members (excludes halogenated alkanes) is 2. The van der Waals surface area contributed by atoms with Gasteiger partial charge in [-0.1, -0.05) is 0 Å². The Morgan fingerprint density at radius 1 is 0.765 bits per heavy atom. The molecule has 5 heteroatoms. The van der Waals surface area contributed by atoms with E-state index in [1.54, 1.807) is 0 Å². The maximum atomic E-state index is 10.0. The molecule has 0 aromatic heterocycles. The van der Waals surface area contributed by atoms with Crippen molar-refractivity contribution in [2.24, 2.45) is 0 Å². The zero-order valence-corrected chi connectivity index (χ0v) is 10.4. The first-order valence-electron chi connectivity index (χ1n) is 6.15. The van der Waals surface area contributed by atoms with E-state index in [-0.39, 0.29) is 0 Å². The minimum Gasteiger partial charge on any atom is -0.380 e. The van der Waals surface area contributed by atoms with Crippen molar-refractivity contribution in [2.75, 3.05) is 39.5 Å². The Morgan fingerprint density at radius 2 is 1.24 bits per heavy atom. The maximum Gasteiger partial charge on any atom is 0.120 e. The number of carbonyl (C=O) groups is 2. The molecule has 0 aliphatic carbocycles. The maximum absolute atomic E-state index is 10.0. The summed E-state index contributed by atoms with van der Waals surface area (Å²) < 4.78 is 10.6. The van der Waals surface area contributed by atoms with Crippen LogP contribution >= 0.6 is 0 Å². The summed E-state index contributed by atoms with van der Waals surface area (Å²) >= 11 is 0. The van der Waals surface area contributed by atoms with Crippen molar-refractivity contribution in [2.45, 2.75) is 25.7 Å². The summed E-state index contributed by atoms with van der Waals surface area (Å²) in [6.07, 6.45) is 4.55. The molecular weight excluding hydrogens is 222 g/mol. The molecule has 0 amide bonds. The third-order valence-corrected chi connectivity index (χ3v) is 2.07. The van der Waals surface area contributed by atoms with Gasteiger partial charge in [0.05, 0.1) is 13.2 Å². The smallest absolute Gasteiger partial charge is 0.120 e. The van der Waals surface area contributed by atoms with E-state index in [1.807, 2.05) is 0 Å². The van der Waals surface area contributed by atoms with Crippen molar-refractivity contribution in [3.8, 4) is 0 Å². The number of nitrogens with one attached hydrogen (secondary N) is 1. The lowest BCUT2D eigenvalue weighted by atomic mass is 10.3. The number of rotatable bonds is 14. The van der Waals surface area contributed by atoms with E-state index >= 15 is 0 Å². The van der Waals surface area contributed by atoms with Crippen LogP contribution in [0.4, 0.5) is 0 Å². The van der Waals surface area contributed by atoms with Gasteiger partial charge in [-0.05, 0) is 12.8 Å². The molecule has 5 nitrogen and oxygen atoms in total. The van der Waals surface area contributed by atoms with Gasteiger partial charge < -0.3 is 24.4 Å². The molecule has 0 unspecified atom stereocenters. The topological polar surface area (TPSA) is 64.6 Å². The lowest BCUT2D eigenvalue weighted by Gasteiger charge is -2.06. The molecule has 0 rings (SSSR count). The van der Waals surface area contributed by atoms with Crippen LogP contribution in [-0.2, 0) is 19.1 Å². The molecule has 0 saturated carbocycles. The van der Waals surface area contributed by atoms with Crippen LogP contribution in [0.15, 0.2) is 0 Å². The molecule has 0 saturated heterocycles. The van der Waals surface area contributed by atoms with Gasteiger partial charge in [0.1, 0.15) is 12.6 Å². The molecule has 0 aliphatic rings. The fourth-order valence-electron chi connectivity index (χ4n) is 1.16. The molecule has 0 atom stereocenters. The van der Waals surface area contributed by atoms with E-state index in [9.17, 15) is 9.59 Å². The summed E-state index contributed by atoms with van der Waals surface area (Å²) in [4.78, 5) is 20.0. The standard InChI is InChI=1S/C12H23NO4/c14-7-1-3-9-16-11-5-13-6-12-17-10-4-2-8-15/h7-8,13H,1-6,9-12H2. The molecule has 0 spiro atoms. The van der Waals surface area contributed by atoms with Crippen LogP contribution in [0.25, 0.3) is 0 Å². The van der Waals surface area contributed by atoms with E-state index in [2.05, 4.69) is 5.32 Å². The second-order valence-electron chi connectivity index (χ2n) is 3.59. The van der Waals surface area contributed by atoms with Crippen LogP contribution in [-0.4, -0.2) is 52.1 Å². The first kappa shape index (κ1) is 16.2. The molecule has 100 valence electrons. The van der Waals surface area contributed by atoms with Gasteiger partial charge in [-0.25, -0.2) is 0 Å². The summed E-state index contributed by atoms with van der Waals surface area (Å²) in [6.45, 7) is 4.18. The average Bonchev–Trinajstić information content (AvgIpc) is 2.35. The average molecular weight is 245 g/mol. The minimum atomic E-state index is 0.571. The number of aldehydes is 2. The van der Waals surface area contributed by atoms with Crippen molar-refractivity contribution in [1.29, 1.82) is 0 Å². The first-order chi connectivity index (χ1) is 8.41. The highest BCUT2D eigenvalue weighted by atomic mass is 16.5. The van der Waals surface area contributed by atoms with Crippen LogP contribution in [0.5, 0.6) is 0 Å². The van der Waals surface area contributed by atoms with Gasteiger partial charge in [-0.3, -0.25) is 0 Å².